The first-order valence-electron chi connectivity index (χ1n) is 6.07. The fraction of sp³-hybridized carbons (Fsp3) is 0.417. The number of nitrogens with two attached hydrogens (primary N) is 1. The van der Waals surface area contributed by atoms with Gasteiger partial charge in [0.15, 0.2) is 5.16 Å². The number of nitrogens with zero attached hydrogens (tertiary/aromatic N) is 4. The second-order valence-electron chi connectivity index (χ2n) is 4.27. The van der Waals surface area contributed by atoms with Crippen molar-refractivity contribution in [2.75, 3.05) is 6.54 Å². The lowest BCUT2D eigenvalue weighted by Gasteiger charge is -2.09. The topological polar surface area (TPSA) is 69.6 Å². The molecule has 0 bridgehead atoms. The second kappa shape index (κ2) is 6.76. The highest BCUT2D eigenvalue weighted by Gasteiger charge is 2.13. The average Bonchev–Trinajstić information content (AvgIpc) is 2.70. The van der Waals surface area contributed by atoms with Crippen LogP contribution in [-0.4, -0.2) is 26.3 Å². The van der Waals surface area contributed by atoms with Gasteiger partial charge in [-0.1, -0.05) is 35.0 Å². The first kappa shape index (κ1) is 15.6. The number of aryl methyl sites for hydroxylation is 2. The van der Waals surface area contributed by atoms with E-state index in [2.05, 4.69) is 15.2 Å². The minimum absolute atomic E-state index is 0.434. The van der Waals surface area contributed by atoms with E-state index in [4.69, 9.17) is 28.9 Å². The fourth-order valence-corrected chi connectivity index (χ4v) is 3.61. The largest absolute Gasteiger partial charge is 0.329 e. The summed E-state index contributed by atoms with van der Waals surface area (Å²) in [5, 5.41) is 10.1. The number of pyridine rings is 1. The lowest BCUT2D eigenvalue weighted by molar-refractivity contribution is 0.627. The summed E-state index contributed by atoms with van der Waals surface area (Å²) in [6.45, 7) is 4.99. The maximum absolute atomic E-state index is 6.21. The van der Waals surface area contributed by atoms with Gasteiger partial charge in [0.2, 0.25) is 0 Å². The third-order valence-electron chi connectivity index (χ3n) is 2.75. The fourth-order valence-electron chi connectivity index (χ4n) is 1.74. The van der Waals surface area contributed by atoms with Crippen LogP contribution in [0.2, 0.25) is 10.2 Å². The molecule has 2 aromatic rings. The van der Waals surface area contributed by atoms with E-state index in [0.717, 1.165) is 22.2 Å². The highest BCUT2D eigenvalue weighted by atomic mass is 35.5. The Balaban J connectivity index is 2.17. The SMILES string of the molecule is Cc1cc(Cl)c(CSc2nnc(C)n2CCN)c(Cl)n1. The summed E-state index contributed by atoms with van der Waals surface area (Å²) in [6.07, 6.45) is 0. The molecule has 2 heterocycles. The van der Waals surface area contributed by atoms with Gasteiger partial charge in [-0.2, -0.15) is 0 Å². The molecular weight excluding hydrogens is 317 g/mol. The summed E-state index contributed by atoms with van der Waals surface area (Å²) < 4.78 is 1.98. The molecule has 108 valence electrons. The van der Waals surface area contributed by atoms with Crippen LogP contribution in [-0.2, 0) is 12.3 Å². The van der Waals surface area contributed by atoms with E-state index < -0.39 is 0 Å². The van der Waals surface area contributed by atoms with E-state index in [0.29, 0.717) is 29.0 Å². The molecule has 0 aliphatic rings. The zero-order valence-corrected chi connectivity index (χ0v) is 13.6. The maximum Gasteiger partial charge on any atom is 0.191 e. The van der Waals surface area contributed by atoms with Crippen molar-refractivity contribution in [1.29, 1.82) is 0 Å². The summed E-state index contributed by atoms with van der Waals surface area (Å²) in [5.41, 5.74) is 7.20. The van der Waals surface area contributed by atoms with Gasteiger partial charge in [0.25, 0.3) is 0 Å². The van der Waals surface area contributed by atoms with E-state index >= 15 is 0 Å². The molecule has 8 heteroatoms. The van der Waals surface area contributed by atoms with E-state index in [1.165, 1.54) is 11.8 Å². The predicted octanol–water partition coefficient (Wildman–Crippen LogP) is 2.85. The van der Waals surface area contributed by atoms with Gasteiger partial charge >= 0.3 is 0 Å². The quantitative estimate of drug-likeness (QED) is 0.673. The zero-order chi connectivity index (χ0) is 14.7. The van der Waals surface area contributed by atoms with Crippen molar-refractivity contribution < 1.29 is 0 Å². The molecule has 2 N–H and O–H groups in total. The number of hydrogen-bond donors (Lipinski definition) is 1. The average molecular weight is 332 g/mol. The van der Waals surface area contributed by atoms with E-state index in [1.807, 2.05) is 18.4 Å². The van der Waals surface area contributed by atoms with Crippen LogP contribution in [0.4, 0.5) is 0 Å². The predicted molar refractivity (Wildman–Crippen MR) is 82.4 cm³/mol. The van der Waals surface area contributed by atoms with Crippen LogP contribution in [0.15, 0.2) is 11.2 Å². The molecule has 0 amide bonds. The van der Waals surface area contributed by atoms with Crippen molar-refractivity contribution in [3.63, 3.8) is 0 Å². The van der Waals surface area contributed by atoms with Crippen molar-refractivity contribution >= 4 is 35.0 Å². The number of rotatable bonds is 5. The van der Waals surface area contributed by atoms with Gasteiger partial charge in [-0.3, -0.25) is 0 Å². The van der Waals surface area contributed by atoms with Crippen LogP contribution in [0.25, 0.3) is 0 Å². The van der Waals surface area contributed by atoms with Gasteiger partial charge in [0.05, 0.1) is 0 Å². The third-order valence-corrected chi connectivity index (χ3v) is 4.39. The van der Waals surface area contributed by atoms with Crippen molar-refractivity contribution in [1.82, 2.24) is 19.7 Å². The molecule has 20 heavy (non-hydrogen) atoms. The van der Waals surface area contributed by atoms with Crippen LogP contribution in [0.5, 0.6) is 0 Å². The van der Waals surface area contributed by atoms with Gasteiger partial charge in [-0.25, -0.2) is 4.98 Å². The van der Waals surface area contributed by atoms with Crippen LogP contribution in [0.1, 0.15) is 17.1 Å². The molecule has 2 aromatic heterocycles. The molecular formula is C12H15Cl2N5S. The van der Waals surface area contributed by atoms with Gasteiger partial charge < -0.3 is 10.3 Å². The first-order valence-corrected chi connectivity index (χ1v) is 7.81. The normalized spacial score (nSPS) is 11.1. The van der Waals surface area contributed by atoms with Gasteiger partial charge in [0.1, 0.15) is 11.0 Å². The summed E-state index contributed by atoms with van der Waals surface area (Å²) in [5.74, 6) is 1.44. The molecule has 0 saturated carbocycles. The Morgan fingerprint density at radius 3 is 2.70 bits per heavy atom. The van der Waals surface area contributed by atoms with E-state index in [-0.39, 0.29) is 0 Å². The molecule has 0 radical (unpaired) electrons. The second-order valence-corrected chi connectivity index (χ2v) is 5.98. The van der Waals surface area contributed by atoms with Gasteiger partial charge in [-0.05, 0) is 19.9 Å². The molecule has 0 aliphatic heterocycles. The highest BCUT2D eigenvalue weighted by Crippen LogP contribution is 2.30. The monoisotopic (exact) mass is 331 g/mol. The Hall–Kier alpha value is -0.820. The number of hydrogen-bond acceptors (Lipinski definition) is 5. The highest BCUT2D eigenvalue weighted by molar-refractivity contribution is 7.98. The third kappa shape index (κ3) is 3.44. The lowest BCUT2D eigenvalue weighted by Crippen LogP contribution is -2.12. The van der Waals surface area contributed by atoms with Crippen LogP contribution < -0.4 is 5.73 Å². The van der Waals surface area contributed by atoms with E-state index in [1.54, 1.807) is 6.07 Å². The van der Waals surface area contributed by atoms with Crippen LogP contribution >= 0.6 is 35.0 Å². The Morgan fingerprint density at radius 1 is 1.30 bits per heavy atom. The van der Waals surface area contributed by atoms with Gasteiger partial charge in [0, 0.05) is 35.1 Å². The minimum atomic E-state index is 0.434. The van der Waals surface area contributed by atoms with Crippen molar-refractivity contribution in [3.05, 3.63) is 33.3 Å². The van der Waals surface area contributed by atoms with Gasteiger partial charge in [-0.15, -0.1) is 10.2 Å². The molecule has 0 aromatic carbocycles. The number of halogens is 2. The molecule has 0 spiro atoms. The summed E-state index contributed by atoms with van der Waals surface area (Å²) in [7, 11) is 0. The minimum Gasteiger partial charge on any atom is -0.329 e. The Bertz CT molecular complexity index is 591. The first-order chi connectivity index (χ1) is 9.52. The smallest absolute Gasteiger partial charge is 0.191 e. The summed E-state index contributed by atoms with van der Waals surface area (Å²) >= 11 is 13.9. The summed E-state index contributed by atoms with van der Waals surface area (Å²) in [4.78, 5) is 4.22. The van der Waals surface area contributed by atoms with Crippen LogP contribution in [0.3, 0.4) is 0 Å². The van der Waals surface area contributed by atoms with Crippen molar-refractivity contribution in [2.45, 2.75) is 31.3 Å². The van der Waals surface area contributed by atoms with E-state index in [9.17, 15) is 0 Å². The molecule has 0 aliphatic carbocycles. The molecule has 0 fully saturated rings. The summed E-state index contributed by atoms with van der Waals surface area (Å²) in [6, 6.07) is 1.80. The van der Waals surface area contributed by atoms with Crippen molar-refractivity contribution in [3.8, 4) is 0 Å². The molecule has 2 rings (SSSR count). The maximum atomic E-state index is 6.21. The number of aromatic nitrogens is 4. The standard InChI is InChI=1S/C12H15Cl2N5S/c1-7-5-10(13)9(11(14)16-7)6-20-12-18-17-8(2)19(12)4-3-15/h5H,3-4,6,15H2,1-2H3. The number of thioether (sulfide) groups is 1. The molecule has 0 atom stereocenters. The Morgan fingerprint density at radius 2 is 2.05 bits per heavy atom. The lowest BCUT2D eigenvalue weighted by atomic mass is 10.3. The molecule has 0 unspecified atom stereocenters. The molecule has 5 nitrogen and oxygen atoms in total. The molecule has 0 saturated heterocycles. The van der Waals surface area contributed by atoms with Crippen molar-refractivity contribution in [2.24, 2.45) is 5.73 Å². The Kier molecular flexibility index (Phi) is 5.26. The zero-order valence-electron chi connectivity index (χ0n) is 11.2. The van der Waals surface area contributed by atoms with Crippen LogP contribution in [0, 0.1) is 13.8 Å². The Labute approximate surface area is 131 Å².